The highest BCUT2D eigenvalue weighted by Gasteiger charge is 2.13. The van der Waals surface area contributed by atoms with Crippen LogP contribution in [0.1, 0.15) is 56.4 Å². The number of rotatable bonds is 6. The van der Waals surface area contributed by atoms with Crippen LogP contribution < -0.4 is 0 Å². The van der Waals surface area contributed by atoms with Gasteiger partial charge >= 0.3 is 0 Å². The van der Waals surface area contributed by atoms with Crippen LogP contribution in [0.4, 0.5) is 0 Å². The standard InChI is InChI=1S/C44H31N5/c45-43(48-44(35-10-3-1-4-11-35)47-29-31-17-19-33(20-18-31)37-12-9-27-46-30-37)34-23-21-32(22-24-34)36-25-26-42-40(28-36)39-15-7-8-16-41(39)49(42)38-13-5-2-6-14-38/h1-30,45H/i1D,2D,3D,4D,5D,6D,7D,8D,9D,10D,11D,12D,13D,14D,15D,16D,17D,18D,19D,20D,21D,22D,23D,24D,25D,26D,27D,28D,30D. The molecule has 0 bridgehead atoms. The zero-order valence-corrected chi connectivity index (χ0v) is 24.4. The maximum Gasteiger partial charge on any atom is 0.161 e. The van der Waals surface area contributed by atoms with E-state index in [0.29, 0.717) is 6.21 Å². The first-order valence-corrected chi connectivity index (χ1v) is 13.8. The molecular formula is C44H31N5. The first kappa shape index (κ1) is 11.8. The van der Waals surface area contributed by atoms with Crippen LogP contribution in [0.5, 0.6) is 0 Å². The first-order valence-electron chi connectivity index (χ1n) is 28.3. The van der Waals surface area contributed by atoms with Crippen molar-refractivity contribution >= 4 is 39.7 Å². The van der Waals surface area contributed by atoms with E-state index in [9.17, 15) is 4.11 Å². The van der Waals surface area contributed by atoms with E-state index in [1.807, 2.05) is 0 Å². The number of aliphatic imine (C=N–C) groups is 2. The summed E-state index contributed by atoms with van der Waals surface area (Å²) in [5.74, 6) is -2.29. The quantitative estimate of drug-likeness (QED) is 0.140. The Balaban J connectivity index is 1.38. The Kier molecular flexibility index (Phi) is 3.16. The second-order valence-electron chi connectivity index (χ2n) is 9.55. The molecule has 1 N–H and O–H groups in total. The zero-order valence-electron chi connectivity index (χ0n) is 53.4. The summed E-state index contributed by atoms with van der Waals surface area (Å²) in [7, 11) is 0. The van der Waals surface area contributed by atoms with Gasteiger partial charge in [-0.15, -0.1) is 0 Å². The van der Waals surface area contributed by atoms with Gasteiger partial charge in [0.05, 0.1) is 50.8 Å². The minimum Gasteiger partial charge on any atom is -0.309 e. The largest absolute Gasteiger partial charge is 0.309 e. The van der Waals surface area contributed by atoms with E-state index in [0.717, 1.165) is 4.57 Å². The molecule has 8 rings (SSSR count). The van der Waals surface area contributed by atoms with Gasteiger partial charge in [0.25, 0.3) is 0 Å². The Hall–Kier alpha value is -6.72. The third-order valence-electron chi connectivity index (χ3n) is 6.60. The van der Waals surface area contributed by atoms with Gasteiger partial charge < -0.3 is 4.57 Å². The summed E-state index contributed by atoms with van der Waals surface area (Å²) in [5.41, 5.74) is -7.48. The molecule has 8 aromatic rings. The van der Waals surface area contributed by atoms with E-state index in [4.69, 9.17) is 41.0 Å². The highest BCUT2D eigenvalue weighted by Crippen LogP contribution is 2.35. The van der Waals surface area contributed by atoms with Crippen molar-refractivity contribution in [1.82, 2.24) is 9.55 Å². The number of benzene rings is 6. The molecule has 0 saturated carbocycles. The number of hydrogen-bond acceptors (Lipinski definition) is 2. The van der Waals surface area contributed by atoms with Crippen LogP contribution in [0.25, 0.3) is 49.7 Å². The third kappa shape index (κ3) is 6.09. The van der Waals surface area contributed by atoms with Crippen molar-refractivity contribution < 1.29 is 39.8 Å². The summed E-state index contributed by atoms with van der Waals surface area (Å²) in [6, 6.07) is -25.4. The molecule has 49 heavy (non-hydrogen) atoms. The minimum atomic E-state index is -1.26. The van der Waals surface area contributed by atoms with Crippen molar-refractivity contribution in [1.29, 1.82) is 5.41 Å². The highest BCUT2D eigenvalue weighted by molar-refractivity contribution is 6.13. The maximum absolute atomic E-state index is 9.50. The number of hydrogen-bond donors (Lipinski definition) is 1. The van der Waals surface area contributed by atoms with Crippen LogP contribution in [-0.4, -0.2) is 27.4 Å². The highest BCUT2D eigenvalue weighted by atomic mass is 15.0. The monoisotopic (exact) mass is 658 g/mol. The van der Waals surface area contributed by atoms with Crippen LogP contribution in [0, 0.1) is 5.41 Å². The summed E-state index contributed by atoms with van der Waals surface area (Å²) < 4.78 is 251. The maximum atomic E-state index is 9.50. The Bertz CT molecular complexity index is 4050. The fraction of sp³-hybridized carbons (Fsp3) is 0. The first-order chi connectivity index (χ1) is 36.3. The summed E-state index contributed by atoms with van der Waals surface area (Å²) >= 11 is 0. The molecule has 0 unspecified atom stereocenters. The third-order valence-corrected chi connectivity index (χ3v) is 6.60. The van der Waals surface area contributed by atoms with E-state index in [1.54, 1.807) is 0 Å². The number of pyridine rings is 1. The number of nitrogens with zero attached hydrogens (tertiary/aromatic N) is 4. The molecule has 2 aromatic heterocycles. The van der Waals surface area contributed by atoms with E-state index >= 15 is 0 Å². The number of para-hydroxylation sites is 2. The molecule has 2 heterocycles. The smallest absolute Gasteiger partial charge is 0.161 e. The molecule has 0 saturated heterocycles. The number of aromatic nitrogens is 2. The van der Waals surface area contributed by atoms with Crippen molar-refractivity contribution in [2.75, 3.05) is 0 Å². The second-order valence-corrected chi connectivity index (χ2v) is 9.55. The summed E-state index contributed by atoms with van der Waals surface area (Å²) in [6.07, 6.45) is -0.998. The van der Waals surface area contributed by atoms with Crippen molar-refractivity contribution in [3.63, 3.8) is 0 Å². The lowest BCUT2D eigenvalue weighted by atomic mass is 10.0. The van der Waals surface area contributed by atoms with Gasteiger partial charge in [0.15, 0.2) is 11.7 Å². The lowest BCUT2D eigenvalue weighted by molar-refractivity contribution is 1.18. The summed E-state index contributed by atoms with van der Waals surface area (Å²) in [5, 5.41) is 7.91. The Labute approximate surface area is 325 Å². The van der Waals surface area contributed by atoms with Crippen molar-refractivity contribution in [2.45, 2.75) is 0 Å². The molecule has 5 heteroatoms. The van der Waals surface area contributed by atoms with Crippen LogP contribution in [0.15, 0.2) is 185 Å². The second kappa shape index (κ2) is 13.2. The average Bonchev–Trinajstić information content (AvgIpc) is 3.76. The molecular weight excluding hydrogens is 599 g/mol. The van der Waals surface area contributed by atoms with Crippen molar-refractivity contribution in [2.24, 2.45) is 9.98 Å². The van der Waals surface area contributed by atoms with Crippen LogP contribution in [-0.2, 0) is 0 Å². The predicted octanol–water partition coefficient (Wildman–Crippen LogP) is 10.4. The molecule has 0 spiro atoms. The normalized spacial score (nSPS) is 20.1. The summed E-state index contributed by atoms with van der Waals surface area (Å²) in [6.45, 7) is 0. The SMILES string of the molecule is [2H]c1nc([2H])c(-c2c([2H])c([2H])c(C=NC(=NC(=N)c3c([2H])c([2H])c(-c4c([2H])c([2H])c5c(c4[2H])c4c([2H])c([2H])c([2H])c([2H])c4n5-c4c([2H])c([2H])c([2H])c([2H])c4[2H])c([2H])c3[2H])c3c([2H])c([2H])c([2H])c([2H])c3[2H])c([2H])c2[2H])c([2H])c1[2H]. The van der Waals surface area contributed by atoms with E-state index in [1.165, 1.54) is 0 Å². The number of fused-ring (bicyclic) bond motifs is 3. The van der Waals surface area contributed by atoms with Gasteiger partial charge in [-0.05, 0) is 64.1 Å². The van der Waals surface area contributed by atoms with Gasteiger partial charge in [-0.3, -0.25) is 10.4 Å². The lowest BCUT2D eigenvalue weighted by Gasteiger charge is -2.08. The summed E-state index contributed by atoms with van der Waals surface area (Å²) in [4.78, 5) is 11.5. The molecule has 0 fully saturated rings. The minimum absolute atomic E-state index is 0.557. The Morgan fingerprint density at radius 1 is 0.592 bits per heavy atom. The number of amidine groups is 2. The van der Waals surface area contributed by atoms with Gasteiger partial charge in [-0.25, -0.2) is 9.98 Å². The van der Waals surface area contributed by atoms with Gasteiger partial charge in [0.2, 0.25) is 0 Å². The molecule has 0 aliphatic rings. The average molecular weight is 659 g/mol. The fourth-order valence-corrected chi connectivity index (χ4v) is 4.43. The van der Waals surface area contributed by atoms with E-state index < -0.39 is 254 Å². The van der Waals surface area contributed by atoms with E-state index in [-0.39, 0.29) is 0 Å². The topological polar surface area (TPSA) is 66.4 Å². The van der Waals surface area contributed by atoms with Gasteiger partial charge in [-0.1, -0.05) is 127 Å². The molecule has 5 nitrogen and oxygen atoms in total. The Morgan fingerprint density at radius 3 is 2.04 bits per heavy atom. The molecule has 0 aliphatic carbocycles. The molecule has 0 amide bonds. The van der Waals surface area contributed by atoms with Crippen molar-refractivity contribution in [3.05, 3.63) is 192 Å². The van der Waals surface area contributed by atoms with Crippen LogP contribution >= 0.6 is 0 Å². The predicted molar refractivity (Wildman–Crippen MR) is 203 cm³/mol. The lowest BCUT2D eigenvalue weighted by Crippen LogP contribution is -2.04. The van der Waals surface area contributed by atoms with Crippen LogP contribution in [0.3, 0.4) is 0 Å². The fourth-order valence-electron chi connectivity index (χ4n) is 4.43. The molecule has 0 atom stereocenters. The molecule has 0 radical (unpaired) electrons. The van der Waals surface area contributed by atoms with Gasteiger partial charge in [0.1, 0.15) is 0 Å². The van der Waals surface area contributed by atoms with Crippen molar-refractivity contribution in [3.8, 4) is 27.9 Å². The Morgan fingerprint density at radius 2 is 1.24 bits per heavy atom. The van der Waals surface area contributed by atoms with Crippen LogP contribution in [0.2, 0.25) is 0 Å². The van der Waals surface area contributed by atoms with E-state index in [2.05, 4.69) is 15.0 Å². The van der Waals surface area contributed by atoms with Gasteiger partial charge in [-0.2, -0.15) is 0 Å². The number of nitrogens with one attached hydrogen (secondary N) is 1. The van der Waals surface area contributed by atoms with Gasteiger partial charge in [0, 0.05) is 46.1 Å². The zero-order chi connectivity index (χ0) is 58.2. The molecule has 0 aliphatic heterocycles. The molecule has 232 valence electrons. The molecule has 6 aromatic carbocycles.